The third-order valence-electron chi connectivity index (χ3n) is 4.00. The Labute approximate surface area is 126 Å². The van der Waals surface area contributed by atoms with Crippen molar-refractivity contribution < 1.29 is 4.74 Å². The van der Waals surface area contributed by atoms with E-state index >= 15 is 0 Å². The predicted octanol–water partition coefficient (Wildman–Crippen LogP) is 4.79. The number of ether oxygens (including phenoxy) is 1. The van der Waals surface area contributed by atoms with E-state index in [0.717, 1.165) is 16.6 Å². The third kappa shape index (κ3) is 4.50. The molecule has 0 aromatic heterocycles. The van der Waals surface area contributed by atoms with Crippen molar-refractivity contribution in [3.8, 4) is 5.75 Å². The molecule has 1 aromatic carbocycles. The first-order chi connectivity index (χ1) is 8.79. The SMILES string of the molecule is CNC(CC(C)C(C)(C)C)c1ccc(OC)cc1Br. The van der Waals surface area contributed by atoms with Crippen LogP contribution in [0.1, 0.15) is 45.7 Å². The molecule has 0 amide bonds. The van der Waals surface area contributed by atoms with Crippen LogP contribution in [-0.2, 0) is 0 Å². The van der Waals surface area contributed by atoms with Crippen molar-refractivity contribution in [2.75, 3.05) is 14.2 Å². The maximum atomic E-state index is 5.25. The number of methoxy groups -OCH3 is 1. The summed E-state index contributed by atoms with van der Waals surface area (Å²) in [6.45, 7) is 9.22. The van der Waals surface area contributed by atoms with Crippen LogP contribution in [0.4, 0.5) is 0 Å². The highest BCUT2D eigenvalue weighted by molar-refractivity contribution is 9.10. The summed E-state index contributed by atoms with van der Waals surface area (Å²) >= 11 is 3.65. The summed E-state index contributed by atoms with van der Waals surface area (Å²) < 4.78 is 6.35. The van der Waals surface area contributed by atoms with Crippen LogP contribution in [0.5, 0.6) is 5.75 Å². The quantitative estimate of drug-likeness (QED) is 0.839. The number of hydrogen-bond acceptors (Lipinski definition) is 2. The molecule has 3 heteroatoms. The molecule has 2 atom stereocenters. The van der Waals surface area contributed by atoms with E-state index < -0.39 is 0 Å². The maximum absolute atomic E-state index is 5.25. The van der Waals surface area contributed by atoms with Gasteiger partial charge in [0.2, 0.25) is 0 Å². The molecule has 1 N–H and O–H groups in total. The predicted molar refractivity (Wildman–Crippen MR) is 85.7 cm³/mol. The zero-order chi connectivity index (χ0) is 14.6. The number of benzene rings is 1. The Morgan fingerprint density at radius 2 is 1.95 bits per heavy atom. The van der Waals surface area contributed by atoms with E-state index in [9.17, 15) is 0 Å². The molecule has 19 heavy (non-hydrogen) atoms. The summed E-state index contributed by atoms with van der Waals surface area (Å²) in [5, 5.41) is 3.43. The Morgan fingerprint density at radius 3 is 2.37 bits per heavy atom. The molecular formula is C16H26BrNO. The van der Waals surface area contributed by atoms with Crippen molar-refractivity contribution in [3.05, 3.63) is 28.2 Å². The molecule has 0 bridgehead atoms. The first-order valence-corrected chi connectivity index (χ1v) is 7.59. The highest BCUT2D eigenvalue weighted by Gasteiger charge is 2.24. The maximum Gasteiger partial charge on any atom is 0.120 e. The lowest BCUT2D eigenvalue weighted by Crippen LogP contribution is -2.25. The Bertz CT molecular complexity index is 412. The molecule has 2 unspecified atom stereocenters. The molecule has 0 saturated heterocycles. The molecule has 0 aliphatic carbocycles. The molecule has 0 fully saturated rings. The Hall–Kier alpha value is -0.540. The van der Waals surface area contributed by atoms with Gasteiger partial charge in [0.05, 0.1) is 7.11 Å². The van der Waals surface area contributed by atoms with Gasteiger partial charge in [-0.1, -0.05) is 49.7 Å². The second kappa shape index (κ2) is 6.76. The van der Waals surface area contributed by atoms with E-state index in [1.54, 1.807) is 7.11 Å². The van der Waals surface area contributed by atoms with E-state index in [0.29, 0.717) is 17.4 Å². The molecule has 1 aromatic rings. The largest absolute Gasteiger partial charge is 0.497 e. The van der Waals surface area contributed by atoms with E-state index in [1.165, 1.54) is 5.56 Å². The van der Waals surface area contributed by atoms with Gasteiger partial charge in [0.25, 0.3) is 0 Å². The van der Waals surface area contributed by atoms with Crippen molar-refractivity contribution >= 4 is 15.9 Å². The summed E-state index contributed by atoms with van der Waals surface area (Å²) in [5.74, 6) is 1.52. The normalized spacial score (nSPS) is 15.1. The molecule has 0 radical (unpaired) electrons. The van der Waals surface area contributed by atoms with Gasteiger partial charge in [-0.3, -0.25) is 0 Å². The first kappa shape index (κ1) is 16.5. The number of rotatable bonds is 5. The molecule has 1 rings (SSSR count). The summed E-state index contributed by atoms with van der Waals surface area (Å²) in [5.41, 5.74) is 1.62. The highest BCUT2D eigenvalue weighted by atomic mass is 79.9. The van der Waals surface area contributed by atoms with Crippen LogP contribution in [0, 0.1) is 11.3 Å². The minimum Gasteiger partial charge on any atom is -0.497 e. The van der Waals surface area contributed by atoms with Crippen molar-refractivity contribution in [1.82, 2.24) is 5.32 Å². The van der Waals surface area contributed by atoms with Crippen LogP contribution in [0.2, 0.25) is 0 Å². The highest BCUT2D eigenvalue weighted by Crippen LogP contribution is 2.36. The van der Waals surface area contributed by atoms with Crippen molar-refractivity contribution in [1.29, 1.82) is 0 Å². The molecule has 2 nitrogen and oxygen atoms in total. The molecular weight excluding hydrogens is 302 g/mol. The topological polar surface area (TPSA) is 21.3 Å². The minimum absolute atomic E-state index is 0.327. The summed E-state index contributed by atoms with van der Waals surface area (Å²) in [7, 11) is 3.72. The van der Waals surface area contributed by atoms with Crippen LogP contribution in [0.25, 0.3) is 0 Å². The minimum atomic E-state index is 0.327. The van der Waals surface area contributed by atoms with Crippen molar-refractivity contribution in [2.24, 2.45) is 11.3 Å². The lowest BCUT2D eigenvalue weighted by atomic mass is 9.77. The van der Waals surface area contributed by atoms with Crippen molar-refractivity contribution in [2.45, 2.75) is 40.2 Å². The summed E-state index contributed by atoms with van der Waals surface area (Å²) in [6.07, 6.45) is 1.12. The van der Waals surface area contributed by atoms with E-state index in [1.807, 2.05) is 19.2 Å². The summed E-state index contributed by atoms with van der Waals surface area (Å²) in [4.78, 5) is 0. The molecule has 0 spiro atoms. The lowest BCUT2D eigenvalue weighted by Gasteiger charge is -2.31. The van der Waals surface area contributed by atoms with Crippen LogP contribution in [0.3, 0.4) is 0 Å². The summed E-state index contributed by atoms with van der Waals surface area (Å²) in [6, 6.07) is 6.54. The van der Waals surface area contributed by atoms with Gasteiger partial charge in [-0.15, -0.1) is 0 Å². The zero-order valence-corrected chi connectivity index (χ0v) is 14.5. The monoisotopic (exact) mass is 327 g/mol. The Morgan fingerprint density at radius 1 is 1.32 bits per heavy atom. The smallest absolute Gasteiger partial charge is 0.120 e. The van der Waals surface area contributed by atoms with Crippen molar-refractivity contribution in [3.63, 3.8) is 0 Å². The number of hydrogen-bond donors (Lipinski definition) is 1. The second-order valence-electron chi connectivity index (χ2n) is 6.23. The molecule has 0 heterocycles. The van der Waals surface area contributed by atoms with Gasteiger partial charge in [0.1, 0.15) is 5.75 Å². The molecule has 108 valence electrons. The number of halogens is 1. The molecule has 0 aliphatic rings. The first-order valence-electron chi connectivity index (χ1n) is 6.80. The number of nitrogens with one attached hydrogen (secondary N) is 1. The van der Waals surface area contributed by atoms with Crippen LogP contribution < -0.4 is 10.1 Å². The zero-order valence-electron chi connectivity index (χ0n) is 12.9. The fourth-order valence-corrected chi connectivity index (χ4v) is 2.66. The van der Waals surface area contributed by atoms with E-state index in [4.69, 9.17) is 4.74 Å². The Kier molecular flexibility index (Phi) is 5.87. The van der Waals surface area contributed by atoms with Crippen LogP contribution >= 0.6 is 15.9 Å². The second-order valence-corrected chi connectivity index (χ2v) is 7.09. The lowest BCUT2D eigenvalue weighted by molar-refractivity contribution is 0.226. The van der Waals surface area contributed by atoms with Gasteiger partial charge in [0, 0.05) is 10.5 Å². The van der Waals surface area contributed by atoms with Gasteiger partial charge >= 0.3 is 0 Å². The Balaban J connectivity index is 2.92. The van der Waals surface area contributed by atoms with Crippen LogP contribution in [0.15, 0.2) is 22.7 Å². The van der Waals surface area contributed by atoms with Gasteiger partial charge in [0.15, 0.2) is 0 Å². The van der Waals surface area contributed by atoms with Gasteiger partial charge in [-0.05, 0) is 42.5 Å². The van der Waals surface area contributed by atoms with Gasteiger partial charge in [-0.25, -0.2) is 0 Å². The van der Waals surface area contributed by atoms with E-state index in [2.05, 4.69) is 55.0 Å². The molecule has 0 aliphatic heterocycles. The van der Waals surface area contributed by atoms with Crippen LogP contribution in [-0.4, -0.2) is 14.2 Å². The fourth-order valence-electron chi connectivity index (χ4n) is 2.02. The third-order valence-corrected chi connectivity index (χ3v) is 4.69. The van der Waals surface area contributed by atoms with Gasteiger partial charge in [-0.2, -0.15) is 0 Å². The van der Waals surface area contributed by atoms with Gasteiger partial charge < -0.3 is 10.1 Å². The average molecular weight is 328 g/mol. The fraction of sp³-hybridized carbons (Fsp3) is 0.625. The average Bonchev–Trinajstić information content (AvgIpc) is 2.34. The standard InChI is InChI=1S/C16H26BrNO/c1-11(16(2,3)4)9-15(18-5)13-8-7-12(19-6)10-14(13)17/h7-8,10-11,15,18H,9H2,1-6H3. The van der Waals surface area contributed by atoms with E-state index in [-0.39, 0.29) is 0 Å². The molecule has 0 saturated carbocycles.